The SMILES string of the molecule is CC(C)C#Cc1ccc([C@H]2[C@@H](CO)N3C(=O)CN(C(=O)c4ccc5c(c4)OCO5)C[C@@H]23)cc1. The van der Waals surface area contributed by atoms with Gasteiger partial charge in [0.1, 0.15) is 6.54 Å². The van der Waals surface area contributed by atoms with Crippen LogP contribution < -0.4 is 9.47 Å². The standard InChI is InChI=1S/C26H26N2O5/c1-16(2)3-4-17-5-7-18(8-6-17)25-20-12-27(13-24(30)28(20)21(25)14-29)26(31)19-9-10-22-23(11-19)33-15-32-22/h5-11,16,20-21,25,29H,12-15H2,1-2H3/t20-,21+,25+/m0/s1. The molecule has 3 atom stereocenters. The molecule has 2 fully saturated rings. The van der Waals surface area contributed by atoms with Crippen molar-refractivity contribution in [3.05, 3.63) is 59.2 Å². The predicted octanol–water partition coefficient (Wildman–Crippen LogP) is 2.23. The van der Waals surface area contributed by atoms with Gasteiger partial charge in [0.25, 0.3) is 5.91 Å². The normalized spacial score (nSPS) is 23.0. The fourth-order valence-electron chi connectivity index (χ4n) is 4.88. The number of aliphatic hydroxyl groups excluding tert-OH is 1. The molecular weight excluding hydrogens is 420 g/mol. The number of fused-ring (bicyclic) bond motifs is 2. The predicted molar refractivity (Wildman–Crippen MR) is 121 cm³/mol. The molecule has 3 heterocycles. The maximum Gasteiger partial charge on any atom is 0.254 e. The zero-order chi connectivity index (χ0) is 23.1. The molecule has 0 aliphatic carbocycles. The Hall–Kier alpha value is -3.50. The Balaban J connectivity index is 1.36. The highest BCUT2D eigenvalue weighted by molar-refractivity contribution is 5.98. The van der Waals surface area contributed by atoms with Crippen LogP contribution in [0.15, 0.2) is 42.5 Å². The van der Waals surface area contributed by atoms with Crippen molar-refractivity contribution in [3.63, 3.8) is 0 Å². The molecule has 0 unspecified atom stereocenters. The largest absolute Gasteiger partial charge is 0.454 e. The van der Waals surface area contributed by atoms with E-state index in [9.17, 15) is 14.7 Å². The summed E-state index contributed by atoms with van der Waals surface area (Å²) >= 11 is 0. The summed E-state index contributed by atoms with van der Waals surface area (Å²) in [5.41, 5.74) is 2.43. The number of ether oxygens (including phenoxy) is 2. The van der Waals surface area contributed by atoms with E-state index in [4.69, 9.17) is 9.47 Å². The molecule has 0 bridgehead atoms. The molecule has 2 saturated heterocycles. The fourth-order valence-corrected chi connectivity index (χ4v) is 4.88. The van der Waals surface area contributed by atoms with Gasteiger partial charge in [-0.3, -0.25) is 9.59 Å². The average Bonchev–Trinajstić information content (AvgIpc) is 3.27. The second kappa shape index (κ2) is 8.45. The van der Waals surface area contributed by atoms with Crippen LogP contribution in [-0.2, 0) is 4.79 Å². The quantitative estimate of drug-likeness (QED) is 0.732. The molecule has 5 rings (SSSR count). The molecule has 7 nitrogen and oxygen atoms in total. The van der Waals surface area contributed by atoms with Crippen LogP contribution in [0.3, 0.4) is 0 Å². The van der Waals surface area contributed by atoms with E-state index >= 15 is 0 Å². The first-order chi connectivity index (χ1) is 16.0. The van der Waals surface area contributed by atoms with Gasteiger partial charge in [-0.25, -0.2) is 0 Å². The van der Waals surface area contributed by atoms with E-state index in [2.05, 4.69) is 11.8 Å². The molecule has 1 N–H and O–H groups in total. The summed E-state index contributed by atoms with van der Waals surface area (Å²) in [5, 5.41) is 9.99. The Kier molecular flexibility index (Phi) is 5.47. The Morgan fingerprint density at radius 3 is 2.64 bits per heavy atom. The summed E-state index contributed by atoms with van der Waals surface area (Å²) in [6.45, 7) is 4.53. The Labute approximate surface area is 192 Å². The third-order valence-electron chi connectivity index (χ3n) is 6.46. The third-order valence-corrected chi connectivity index (χ3v) is 6.46. The molecule has 2 amide bonds. The summed E-state index contributed by atoms with van der Waals surface area (Å²) in [4.78, 5) is 29.4. The van der Waals surface area contributed by atoms with Gasteiger partial charge in [-0.2, -0.15) is 0 Å². The van der Waals surface area contributed by atoms with Gasteiger partial charge in [0.15, 0.2) is 11.5 Å². The first kappa shape index (κ1) is 21.4. The van der Waals surface area contributed by atoms with E-state index < -0.39 is 0 Å². The van der Waals surface area contributed by atoms with Crippen molar-refractivity contribution >= 4 is 11.8 Å². The molecular formula is C26H26N2O5. The van der Waals surface area contributed by atoms with E-state index in [-0.39, 0.29) is 49.8 Å². The highest BCUT2D eigenvalue weighted by Crippen LogP contribution is 2.43. The lowest BCUT2D eigenvalue weighted by Crippen LogP contribution is -2.73. The number of benzene rings is 2. The van der Waals surface area contributed by atoms with Crippen LogP contribution in [-0.4, -0.2) is 65.3 Å². The van der Waals surface area contributed by atoms with Crippen LogP contribution in [0, 0.1) is 17.8 Å². The molecule has 33 heavy (non-hydrogen) atoms. The van der Waals surface area contributed by atoms with Gasteiger partial charge >= 0.3 is 0 Å². The van der Waals surface area contributed by atoms with E-state index in [0.717, 1.165) is 11.1 Å². The van der Waals surface area contributed by atoms with E-state index in [1.54, 1.807) is 28.0 Å². The van der Waals surface area contributed by atoms with Crippen molar-refractivity contribution in [1.82, 2.24) is 9.80 Å². The number of carbonyl (C=O) groups is 2. The highest BCUT2D eigenvalue weighted by Gasteiger charge is 2.54. The fraction of sp³-hybridized carbons (Fsp3) is 0.385. The maximum atomic E-state index is 13.2. The van der Waals surface area contributed by atoms with Gasteiger partial charge in [-0.05, 0) is 35.9 Å². The molecule has 2 aromatic rings. The molecule has 170 valence electrons. The number of hydrogen-bond acceptors (Lipinski definition) is 5. The third kappa shape index (κ3) is 3.81. The topological polar surface area (TPSA) is 79.3 Å². The van der Waals surface area contributed by atoms with Gasteiger partial charge in [0.2, 0.25) is 12.7 Å². The number of hydrogen-bond donors (Lipinski definition) is 1. The van der Waals surface area contributed by atoms with Crippen molar-refractivity contribution in [3.8, 4) is 23.3 Å². The van der Waals surface area contributed by atoms with Crippen LogP contribution in [0.25, 0.3) is 0 Å². The molecule has 7 heteroatoms. The second-order valence-corrected chi connectivity index (χ2v) is 8.94. The number of amides is 2. The minimum atomic E-state index is -0.280. The lowest BCUT2D eigenvalue weighted by Gasteiger charge is -2.58. The van der Waals surface area contributed by atoms with E-state index in [1.807, 2.05) is 38.1 Å². The Morgan fingerprint density at radius 2 is 1.91 bits per heavy atom. The zero-order valence-electron chi connectivity index (χ0n) is 18.7. The molecule has 3 aliphatic rings. The van der Waals surface area contributed by atoms with Crippen molar-refractivity contribution in [2.75, 3.05) is 26.5 Å². The van der Waals surface area contributed by atoms with Crippen LogP contribution in [0.1, 0.15) is 41.3 Å². The van der Waals surface area contributed by atoms with Crippen LogP contribution in [0.5, 0.6) is 11.5 Å². The van der Waals surface area contributed by atoms with Crippen LogP contribution in [0.4, 0.5) is 0 Å². The van der Waals surface area contributed by atoms with Crippen LogP contribution in [0.2, 0.25) is 0 Å². The van der Waals surface area contributed by atoms with Gasteiger partial charge in [-0.15, -0.1) is 0 Å². The van der Waals surface area contributed by atoms with Gasteiger partial charge in [0.05, 0.1) is 18.7 Å². The number of piperazine rings is 1. The smallest absolute Gasteiger partial charge is 0.254 e. The first-order valence-electron chi connectivity index (χ1n) is 11.2. The van der Waals surface area contributed by atoms with Crippen molar-refractivity contribution in [1.29, 1.82) is 0 Å². The summed E-state index contributed by atoms with van der Waals surface area (Å²) in [7, 11) is 0. The second-order valence-electron chi connectivity index (χ2n) is 8.94. The van der Waals surface area contributed by atoms with Crippen molar-refractivity contribution in [2.45, 2.75) is 31.8 Å². The lowest BCUT2D eigenvalue weighted by molar-refractivity contribution is -0.159. The molecule has 0 saturated carbocycles. The minimum Gasteiger partial charge on any atom is -0.454 e. The molecule has 0 radical (unpaired) electrons. The minimum absolute atomic E-state index is 0.00325. The Bertz CT molecular complexity index is 1150. The molecule has 0 aromatic heterocycles. The number of nitrogens with zero attached hydrogens (tertiary/aromatic N) is 2. The first-order valence-corrected chi connectivity index (χ1v) is 11.2. The van der Waals surface area contributed by atoms with Crippen molar-refractivity contribution in [2.24, 2.45) is 5.92 Å². The van der Waals surface area contributed by atoms with Gasteiger partial charge < -0.3 is 24.4 Å². The number of aliphatic hydroxyl groups is 1. The van der Waals surface area contributed by atoms with Crippen molar-refractivity contribution < 1.29 is 24.2 Å². The number of carbonyl (C=O) groups excluding carboxylic acids is 2. The molecule has 2 aromatic carbocycles. The summed E-state index contributed by atoms with van der Waals surface area (Å²) in [5.74, 6) is 7.35. The number of rotatable bonds is 3. The van der Waals surface area contributed by atoms with Crippen LogP contribution >= 0.6 is 0 Å². The van der Waals surface area contributed by atoms with Gasteiger partial charge in [0, 0.05) is 29.5 Å². The van der Waals surface area contributed by atoms with E-state index in [0.29, 0.717) is 29.5 Å². The van der Waals surface area contributed by atoms with E-state index in [1.165, 1.54) is 0 Å². The van der Waals surface area contributed by atoms with Gasteiger partial charge in [-0.1, -0.05) is 37.8 Å². The molecule has 3 aliphatic heterocycles. The summed E-state index contributed by atoms with van der Waals surface area (Å²) in [6, 6.07) is 12.6. The summed E-state index contributed by atoms with van der Waals surface area (Å²) in [6.07, 6.45) is 0. The zero-order valence-corrected chi connectivity index (χ0v) is 18.7. The highest BCUT2D eigenvalue weighted by atomic mass is 16.7. The monoisotopic (exact) mass is 446 g/mol. The maximum absolute atomic E-state index is 13.2. The molecule has 0 spiro atoms. The Morgan fingerprint density at radius 1 is 1.15 bits per heavy atom. The lowest BCUT2D eigenvalue weighted by atomic mass is 9.73. The summed E-state index contributed by atoms with van der Waals surface area (Å²) < 4.78 is 10.7. The average molecular weight is 447 g/mol.